The Hall–Kier alpha value is -3.41. The van der Waals surface area contributed by atoms with Crippen LogP contribution < -0.4 is 10.6 Å². The molecule has 2 amide bonds. The molecule has 6 nitrogen and oxygen atoms in total. The first-order chi connectivity index (χ1) is 14.1. The molecule has 2 atom stereocenters. The topological polar surface area (TPSA) is 95.5 Å². The Morgan fingerprint density at radius 3 is 2.28 bits per heavy atom. The number of benzene rings is 2. The van der Waals surface area contributed by atoms with E-state index in [0.717, 1.165) is 5.56 Å². The number of carboxylic acids is 1. The average molecular weight is 392 g/mol. The second-order valence-electron chi connectivity index (χ2n) is 7.02. The van der Waals surface area contributed by atoms with E-state index in [0.29, 0.717) is 37.1 Å². The number of nitrogens with one attached hydrogen (secondary N) is 2. The summed E-state index contributed by atoms with van der Waals surface area (Å²) in [5.74, 6) is -3.07. The van der Waals surface area contributed by atoms with Gasteiger partial charge in [-0.05, 0) is 37.0 Å². The smallest absolute Gasteiger partial charge is 0.307 e. The molecule has 29 heavy (non-hydrogen) atoms. The molecule has 0 aliphatic heterocycles. The summed E-state index contributed by atoms with van der Waals surface area (Å²) in [6.07, 6.45) is 5.02. The number of hydrogen-bond donors (Lipinski definition) is 3. The average Bonchev–Trinajstić information content (AvgIpc) is 2.74. The summed E-state index contributed by atoms with van der Waals surface area (Å²) in [7, 11) is 0. The molecule has 0 saturated carbocycles. The maximum atomic E-state index is 12.7. The molecule has 3 N–H and O–H groups in total. The third-order valence-corrected chi connectivity index (χ3v) is 5.06. The van der Waals surface area contributed by atoms with Gasteiger partial charge in [-0.3, -0.25) is 14.4 Å². The summed E-state index contributed by atoms with van der Waals surface area (Å²) in [6, 6.07) is 16.6. The van der Waals surface area contributed by atoms with Crippen molar-refractivity contribution in [3.63, 3.8) is 0 Å². The van der Waals surface area contributed by atoms with E-state index in [-0.39, 0.29) is 11.8 Å². The Kier molecular flexibility index (Phi) is 6.79. The molecule has 0 fully saturated rings. The van der Waals surface area contributed by atoms with Gasteiger partial charge in [-0.1, -0.05) is 54.6 Å². The molecule has 0 heterocycles. The Morgan fingerprint density at radius 1 is 0.897 bits per heavy atom. The van der Waals surface area contributed by atoms with Gasteiger partial charge in [0.25, 0.3) is 5.91 Å². The van der Waals surface area contributed by atoms with Gasteiger partial charge >= 0.3 is 5.97 Å². The van der Waals surface area contributed by atoms with Gasteiger partial charge in [0.05, 0.1) is 23.1 Å². The number of anilines is 1. The molecule has 2 aromatic carbocycles. The van der Waals surface area contributed by atoms with Crippen LogP contribution >= 0.6 is 0 Å². The molecule has 0 bridgehead atoms. The summed E-state index contributed by atoms with van der Waals surface area (Å²) >= 11 is 0. The van der Waals surface area contributed by atoms with Crippen LogP contribution in [0.4, 0.5) is 5.69 Å². The predicted octanol–water partition coefficient (Wildman–Crippen LogP) is 3.26. The van der Waals surface area contributed by atoms with Gasteiger partial charge in [0.1, 0.15) is 0 Å². The van der Waals surface area contributed by atoms with Crippen LogP contribution in [0.25, 0.3) is 0 Å². The van der Waals surface area contributed by atoms with E-state index in [1.165, 1.54) is 0 Å². The maximum absolute atomic E-state index is 12.7. The fourth-order valence-corrected chi connectivity index (χ4v) is 3.45. The minimum absolute atomic E-state index is 0.282. The van der Waals surface area contributed by atoms with E-state index in [1.54, 1.807) is 30.3 Å². The molecule has 2 aromatic rings. The molecular formula is C23H24N2O4. The Balaban J connectivity index is 1.65. The van der Waals surface area contributed by atoms with E-state index in [9.17, 15) is 19.5 Å². The monoisotopic (exact) mass is 392 g/mol. The van der Waals surface area contributed by atoms with Crippen molar-refractivity contribution in [1.29, 1.82) is 0 Å². The second-order valence-corrected chi connectivity index (χ2v) is 7.02. The lowest BCUT2D eigenvalue weighted by Crippen LogP contribution is -2.35. The van der Waals surface area contributed by atoms with Crippen LogP contribution in [0.15, 0.2) is 66.7 Å². The highest BCUT2D eigenvalue weighted by atomic mass is 16.4. The van der Waals surface area contributed by atoms with Crippen molar-refractivity contribution in [3.8, 4) is 0 Å². The van der Waals surface area contributed by atoms with Crippen LogP contribution in [0.1, 0.15) is 28.8 Å². The molecule has 1 aliphatic rings. The van der Waals surface area contributed by atoms with Gasteiger partial charge < -0.3 is 15.7 Å². The quantitative estimate of drug-likeness (QED) is 0.630. The number of carbonyl (C=O) groups is 3. The fourth-order valence-electron chi connectivity index (χ4n) is 3.45. The Labute approximate surface area is 169 Å². The SMILES string of the molecule is O=C(NCCc1ccccc1)c1ccccc1NC(=O)[C@@H]1CC=CC[C@H]1C(=O)O. The van der Waals surface area contributed by atoms with Crippen molar-refractivity contribution in [1.82, 2.24) is 5.32 Å². The minimum atomic E-state index is -0.985. The van der Waals surface area contributed by atoms with Gasteiger partial charge in [-0.25, -0.2) is 0 Å². The molecular weight excluding hydrogens is 368 g/mol. The number of hydrogen-bond acceptors (Lipinski definition) is 3. The zero-order chi connectivity index (χ0) is 20.6. The molecule has 0 spiro atoms. The van der Waals surface area contributed by atoms with Crippen LogP contribution in [0.5, 0.6) is 0 Å². The van der Waals surface area contributed by atoms with E-state index < -0.39 is 17.8 Å². The number of aliphatic carboxylic acids is 1. The molecule has 0 saturated heterocycles. The highest BCUT2D eigenvalue weighted by Gasteiger charge is 2.34. The minimum Gasteiger partial charge on any atom is -0.481 e. The first-order valence-corrected chi connectivity index (χ1v) is 9.66. The maximum Gasteiger partial charge on any atom is 0.307 e. The van der Waals surface area contributed by atoms with Crippen molar-refractivity contribution in [2.75, 3.05) is 11.9 Å². The van der Waals surface area contributed by atoms with Gasteiger partial charge in [0.2, 0.25) is 5.91 Å². The summed E-state index contributed by atoms with van der Waals surface area (Å²) in [4.78, 5) is 36.8. The Morgan fingerprint density at radius 2 is 1.55 bits per heavy atom. The zero-order valence-electron chi connectivity index (χ0n) is 16.0. The van der Waals surface area contributed by atoms with Crippen LogP contribution in [-0.4, -0.2) is 29.4 Å². The predicted molar refractivity (Wildman–Crippen MR) is 111 cm³/mol. The van der Waals surface area contributed by atoms with E-state index in [4.69, 9.17) is 0 Å². The number of para-hydroxylation sites is 1. The van der Waals surface area contributed by atoms with E-state index >= 15 is 0 Å². The van der Waals surface area contributed by atoms with Crippen LogP contribution in [0.2, 0.25) is 0 Å². The van der Waals surface area contributed by atoms with Crippen molar-refractivity contribution in [2.24, 2.45) is 11.8 Å². The largest absolute Gasteiger partial charge is 0.481 e. The number of rotatable bonds is 7. The van der Waals surface area contributed by atoms with Gasteiger partial charge in [0, 0.05) is 6.54 Å². The molecule has 0 aromatic heterocycles. The number of amides is 2. The van der Waals surface area contributed by atoms with Gasteiger partial charge in [-0.2, -0.15) is 0 Å². The lowest BCUT2D eigenvalue weighted by atomic mass is 9.82. The third-order valence-electron chi connectivity index (χ3n) is 5.06. The van der Waals surface area contributed by atoms with Crippen molar-refractivity contribution in [3.05, 3.63) is 77.9 Å². The van der Waals surface area contributed by atoms with Crippen LogP contribution in [0.3, 0.4) is 0 Å². The number of allylic oxidation sites excluding steroid dienone is 2. The lowest BCUT2D eigenvalue weighted by Gasteiger charge is -2.24. The molecule has 1 aliphatic carbocycles. The highest BCUT2D eigenvalue weighted by Crippen LogP contribution is 2.28. The fraction of sp³-hybridized carbons (Fsp3) is 0.261. The normalized spacial score (nSPS) is 18.1. The van der Waals surface area contributed by atoms with Crippen molar-refractivity contribution in [2.45, 2.75) is 19.3 Å². The standard InChI is InChI=1S/C23H24N2O4/c26-21(24-15-14-16-8-2-1-3-9-16)19-12-6-7-13-20(19)25-22(27)17-10-4-5-11-18(17)23(28)29/h1-9,12-13,17-18H,10-11,14-15H2,(H,24,26)(H,25,27)(H,28,29)/t17-,18-/m1/s1. The first kappa shape index (κ1) is 20.3. The second kappa shape index (κ2) is 9.68. The van der Waals surface area contributed by atoms with Gasteiger partial charge in [-0.15, -0.1) is 0 Å². The summed E-state index contributed by atoms with van der Waals surface area (Å²) < 4.78 is 0. The molecule has 0 unspecified atom stereocenters. The molecule has 0 radical (unpaired) electrons. The van der Waals surface area contributed by atoms with E-state index in [1.807, 2.05) is 36.4 Å². The molecule has 6 heteroatoms. The number of carbonyl (C=O) groups excluding carboxylic acids is 2. The van der Waals surface area contributed by atoms with Crippen LogP contribution in [-0.2, 0) is 16.0 Å². The summed E-state index contributed by atoms with van der Waals surface area (Å²) in [5.41, 5.74) is 1.86. The summed E-state index contributed by atoms with van der Waals surface area (Å²) in [5, 5.41) is 15.0. The van der Waals surface area contributed by atoms with Crippen molar-refractivity contribution >= 4 is 23.5 Å². The number of carboxylic acid groups (broad SMARTS) is 1. The zero-order valence-corrected chi connectivity index (χ0v) is 16.0. The molecule has 3 rings (SSSR count). The summed E-state index contributed by atoms with van der Waals surface area (Å²) in [6.45, 7) is 0.472. The third kappa shape index (κ3) is 5.31. The van der Waals surface area contributed by atoms with Crippen LogP contribution in [0, 0.1) is 11.8 Å². The van der Waals surface area contributed by atoms with Gasteiger partial charge in [0.15, 0.2) is 0 Å². The Bertz CT molecular complexity index is 908. The first-order valence-electron chi connectivity index (χ1n) is 9.66. The highest BCUT2D eigenvalue weighted by molar-refractivity contribution is 6.04. The lowest BCUT2D eigenvalue weighted by molar-refractivity contribution is -0.146. The van der Waals surface area contributed by atoms with Crippen molar-refractivity contribution < 1.29 is 19.5 Å². The molecule has 150 valence electrons. The van der Waals surface area contributed by atoms with E-state index in [2.05, 4.69) is 10.6 Å².